The Morgan fingerprint density at radius 1 is 1.70 bits per heavy atom. The zero-order valence-corrected chi connectivity index (χ0v) is 6.65. The van der Waals surface area contributed by atoms with Gasteiger partial charge in [-0.1, -0.05) is 0 Å². The van der Waals surface area contributed by atoms with Crippen LogP contribution in [0, 0.1) is 0 Å². The molecule has 1 atom stereocenters. The van der Waals surface area contributed by atoms with Crippen LogP contribution in [0.2, 0.25) is 0 Å². The standard InChI is InChI=1S/C7H14FNO/c1-7(2,8)4-6(5-10)9-3/h5-6,9H,4H2,1-3H3. The van der Waals surface area contributed by atoms with Crippen LogP contribution in [0.1, 0.15) is 20.3 Å². The van der Waals surface area contributed by atoms with Crippen LogP contribution in [-0.4, -0.2) is 25.0 Å². The summed E-state index contributed by atoms with van der Waals surface area (Å²) in [5.74, 6) is 0. The molecule has 3 heteroatoms. The number of carbonyl (C=O) groups excluding carboxylic acids is 1. The van der Waals surface area contributed by atoms with Crippen LogP contribution in [0.4, 0.5) is 4.39 Å². The van der Waals surface area contributed by atoms with Gasteiger partial charge in [-0.2, -0.15) is 0 Å². The highest BCUT2D eigenvalue weighted by molar-refractivity contribution is 5.57. The summed E-state index contributed by atoms with van der Waals surface area (Å²) in [6.07, 6.45) is 0.953. The van der Waals surface area contributed by atoms with Gasteiger partial charge in [-0.05, 0) is 20.9 Å². The summed E-state index contributed by atoms with van der Waals surface area (Å²) >= 11 is 0. The third-order valence-electron chi connectivity index (χ3n) is 1.24. The molecule has 0 aliphatic rings. The van der Waals surface area contributed by atoms with Crippen molar-refractivity contribution in [1.29, 1.82) is 0 Å². The second kappa shape index (κ2) is 3.66. The van der Waals surface area contributed by atoms with Crippen LogP contribution < -0.4 is 5.32 Å². The van der Waals surface area contributed by atoms with E-state index in [1.54, 1.807) is 7.05 Å². The number of likely N-dealkylation sites (N-methyl/N-ethyl adjacent to an activating group) is 1. The third-order valence-corrected chi connectivity index (χ3v) is 1.24. The first-order chi connectivity index (χ1) is 4.49. The predicted molar refractivity (Wildman–Crippen MR) is 38.7 cm³/mol. The highest BCUT2D eigenvalue weighted by Gasteiger charge is 2.20. The van der Waals surface area contributed by atoms with Gasteiger partial charge in [-0.3, -0.25) is 0 Å². The molecule has 0 heterocycles. The third kappa shape index (κ3) is 4.44. The van der Waals surface area contributed by atoms with Gasteiger partial charge in [-0.25, -0.2) is 4.39 Å². The second-order valence-electron chi connectivity index (χ2n) is 2.95. The number of halogens is 1. The average Bonchev–Trinajstić information content (AvgIpc) is 1.81. The fourth-order valence-electron chi connectivity index (χ4n) is 0.741. The van der Waals surface area contributed by atoms with E-state index in [1.165, 1.54) is 13.8 Å². The Morgan fingerprint density at radius 2 is 2.20 bits per heavy atom. The highest BCUT2D eigenvalue weighted by Crippen LogP contribution is 2.14. The lowest BCUT2D eigenvalue weighted by Crippen LogP contribution is -2.33. The van der Waals surface area contributed by atoms with Crippen molar-refractivity contribution in [2.75, 3.05) is 7.05 Å². The van der Waals surface area contributed by atoms with Crippen molar-refractivity contribution in [2.24, 2.45) is 0 Å². The molecule has 0 aromatic rings. The van der Waals surface area contributed by atoms with Gasteiger partial charge < -0.3 is 10.1 Å². The maximum absolute atomic E-state index is 12.8. The van der Waals surface area contributed by atoms with Crippen molar-refractivity contribution >= 4 is 6.29 Å². The minimum absolute atomic E-state index is 0.229. The van der Waals surface area contributed by atoms with Crippen molar-refractivity contribution in [3.8, 4) is 0 Å². The monoisotopic (exact) mass is 147 g/mol. The Morgan fingerprint density at radius 3 is 2.30 bits per heavy atom. The molecule has 0 aliphatic heterocycles. The zero-order chi connectivity index (χ0) is 8.20. The second-order valence-corrected chi connectivity index (χ2v) is 2.95. The normalized spacial score (nSPS) is 14.8. The number of hydrogen-bond donors (Lipinski definition) is 1. The van der Waals surface area contributed by atoms with E-state index < -0.39 is 5.67 Å². The summed E-state index contributed by atoms with van der Waals surface area (Å²) in [5.41, 5.74) is -1.27. The molecule has 2 nitrogen and oxygen atoms in total. The fourth-order valence-corrected chi connectivity index (χ4v) is 0.741. The maximum atomic E-state index is 12.8. The number of nitrogens with one attached hydrogen (secondary N) is 1. The summed E-state index contributed by atoms with van der Waals surface area (Å²) in [6, 6.07) is -0.361. The quantitative estimate of drug-likeness (QED) is 0.599. The SMILES string of the molecule is CNC(C=O)CC(C)(C)F. The van der Waals surface area contributed by atoms with Crippen molar-refractivity contribution in [1.82, 2.24) is 5.32 Å². The van der Waals surface area contributed by atoms with E-state index in [0.717, 1.165) is 6.29 Å². The highest BCUT2D eigenvalue weighted by atomic mass is 19.1. The van der Waals surface area contributed by atoms with E-state index in [4.69, 9.17) is 0 Å². The molecule has 1 N–H and O–H groups in total. The molecule has 0 bridgehead atoms. The molecule has 0 spiro atoms. The lowest BCUT2D eigenvalue weighted by atomic mass is 10.0. The van der Waals surface area contributed by atoms with Gasteiger partial charge in [0.05, 0.1) is 6.04 Å². The molecule has 60 valence electrons. The smallest absolute Gasteiger partial charge is 0.137 e. The Balaban J connectivity index is 3.74. The van der Waals surface area contributed by atoms with E-state index in [-0.39, 0.29) is 12.5 Å². The van der Waals surface area contributed by atoms with Crippen LogP contribution in [0.25, 0.3) is 0 Å². The molecule has 0 aromatic carbocycles. The van der Waals surface area contributed by atoms with Crippen molar-refractivity contribution < 1.29 is 9.18 Å². The van der Waals surface area contributed by atoms with Crippen molar-refractivity contribution in [3.63, 3.8) is 0 Å². The average molecular weight is 147 g/mol. The van der Waals surface area contributed by atoms with Gasteiger partial charge in [0.1, 0.15) is 12.0 Å². The Kier molecular flexibility index (Phi) is 3.50. The summed E-state index contributed by atoms with van der Waals surface area (Å²) < 4.78 is 12.8. The van der Waals surface area contributed by atoms with Crippen LogP contribution in [0.3, 0.4) is 0 Å². The maximum Gasteiger partial charge on any atom is 0.137 e. The minimum Gasteiger partial charge on any atom is -0.311 e. The fraction of sp³-hybridized carbons (Fsp3) is 0.857. The van der Waals surface area contributed by atoms with Crippen LogP contribution in [-0.2, 0) is 4.79 Å². The van der Waals surface area contributed by atoms with Crippen molar-refractivity contribution in [2.45, 2.75) is 32.0 Å². The Bertz CT molecular complexity index is 109. The lowest BCUT2D eigenvalue weighted by Gasteiger charge is -2.17. The number of hydrogen-bond acceptors (Lipinski definition) is 2. The molecule has 0 radical (unpaired) electrons. The Hall–Kier alpha value is -0.440. The van der Waals surface area contributed by atoms with Crippen LogP contribution in [0.15, 0.2) is 0 Å². The topological polar surface area (TPSA) is 29.1 Å². The molecule has 0 saturated heterocycles. The summed E-state index contributed by atoms with van der Waals surface area (Å²) in [7, 11) is 1.64. The molecular formula is C7H14FNO. The van der Waals surface area contributed by atoms with Gasteiger partial charge in [0.2, 0.25) is 0 Å². The molecular weight excluding hydrogens is 133 g/mol. The summed E-state index contributed by atoms with van der Waals surface area (Å²) in [6.45, 7) is 2.92. The van der Waals surface area contributed by atoms with E-state index in [1.807, 2.05) is 0 Å². The molecule has 0 amide bonds. The van der Waals surface area contributed by atoms with Crippen molar-refractivity contribution in [3.05, 3.63) is 0 Å². The number of aldehydes is 1. The van der Waals surface area contributed by atoms with Gasteiger partial charge >= 0.3 is 0 Å². The molecule has 1 unspecified atom stereocenters. The van der Waals surface area contributed by atoms with E-state index >= 15 is 0 Å². The summed E-state index contributed by atoms with van der Waals surface area (Å²) in [4.78, 5) is 10.2. The van der Waals surface area contributed by atoms with Gasteiger partial charge in [0, 0.05) is 6.42 Å². The Labute approximate surface area is 60.8 Å². The van der Waals surface area contributed by atoms with E-state index in [2.05, 4.69) is 5.32 Å². The van der Waals surface area contributed by atoms with Crippen LogP contribution >= 0.6 is 0 Å². The molecule has 10 heavy (non-hydrogen) atoms. The molecule has 0 saturated carbocycles. The van der Waals surface area contributed by atoms with Gasteiger partial charge in [-0.15, -0.1) is 0 Å². The molecule has 0 rings (SSSR count). The summed E-state index contributed by atoms with van der Waals surface area (Å²) in [5, 5.41) is 2.70. The first kappa shape index (κ1) is 9.56. The zero-order valence-electron chi connectivity index (χ0n) is 6.65. The van der Waals surface area contributed by atoms with E-state index in [0.29, 0.717) is 0 Å². The van der Waals surface area contributed by atoms with Gasteiger partial charge in [0.15, 0.2) is 0 Å². The van der Waals surface area contributed by atoms with Gasteiger partial charge in [0.25, 0.3) is 0 Å². The van der Waals surface area contributed by atoms with Crippen LogP contribution in [0.5, 0.6) is 0 Å². The first-order valence-corrected chi connectivity index (χ1v) is 3.31. The predicted octanol–water partition coefficient (Wildman–Crippen LogP) is 0.911. The molecule has 0 aromatic heterocycles. The number of rotatable bonds is 4. The molecule has 0 fully saturated rings. The minimum atomic E-state index is -1.27. The number of carbonyl (C=O) groups is 1. The number of alkyl halides is 1. The first-order valence-electron chi connectivity index (χ1n) is 3.31. The largest absolute Gasteiger partial charge is 0.311 e. The molecule has 0 aliphatic carbocycles. The van der Waals surface area contributed by atoms with E-state index in [9.17, 15) is 9.18 Å². The lowest BCUT2D eigenvalue weighted by molar-refractivity contribution is -0.110.